The second-order valence-corrected chi connectivity index (χ2v) is 8.07. The highest BCUT2D eigenvalue weighted by Gasteiger charge is 2.21. The Bertz CT molecular complexity index is 1330. The van der Waals surface area contributed by atoms with Crippen molar-refractivity contribution >= 4 is 55.9 Å². The van der Waals surface area contributed by atoms with Crippen molar-refractivity contribution < 1.29 is 14.4 Å². The molecular formula is C24H19BrN4O3. The predicted molar refractivity (Wildman–Crippen MR) is 128 cm³/mol. The van der Waals surface area contributed by atoms with Crippen LogP contribution in [0.3, 0.4) is 0 Å². The number of anilines is 2. The number of hydrogen-bond donors (Lipinski definition) is 3. The number of aromatic nitrogens is 1. The van der Waals surface area contributed by atoms with Crippen molar-refractivity contribution in [1.29, 1.82) is 0 Å². The van der Waals surface area contributed by atoms with Crippen molar-refractivity contribution in [2.75, 3.05) is 16.1 Å². The van der Waals surface area contributed by atoms with Gasteiger partial charge in [0, 0.05) is 21.2 Å². The van der Waals surface area contributed by atoms with Crippen LogP contribution in [0.4, 0.5) is 11.4 Å². The second-order valence-electron chi connectivity index (χ2n) is 7.15. The Balaban J connectivity index is 1.64. The van der Waals surface area contributed by atoms with Gasteiger partial charge in [-0.25, -0.2) is 4.68 Å². The minimum absolute atomic E-state index is 0.181. The highest BCUT2D eigenvalue weighted by Crippen LogP contribution is 2.24. The quantitative estimate of drug-likeness (QED) is 0.362. The normalized spacial score (nSPS) is 10.6. The molecular weight excluding hydrogens is 472 g/mol. The van der Waals surface area contributed by atoms with Gasteiger partial charge in [0.15, 0.2) is 0 Å². The number of hydrogen-bond acceptors (Lipinski definition) is 3. The maximum atomic E-state index is 13.0. The molecule has 1 heterocycles. The number of amides is 3. The fraction of sp³-hybridized carbons (Fsp3) is 0.0417. The first kappa shape index (κ1) is 21.3. The summed E-state index contributed by atoms with van der Waals surface area (Å²) in [5.74, 6) is -2.18. The zero-order chi connectivity index (χ0) is 22.7. The van der Waals surface area contributed by atoms with Crippen molar-refractivity contribution in [1.82, 2.24) is 4.68 Å². The van der Waals surface area contributed by atoms with E-state index in [4.69, 9.17) is 0 Å². The van der Waals surface area contributed by atoms with Gasteiger partial charge >= 0.3 is 11.8 Å². The van der Waals surface area contributed by atoms with Crippen LogP contribution >= 0.6 is 15.9 Å². The second kappa shape index (κ2) is 9.07. The first-order valence-corrected chi connectivity index (χ1v) is 10.6. The maximum Gasteiger partial charge on any atom is 0.328 e. The smallest absolute Gasteiger partial charge is 0.321 e. The number of nitrogens with one attached hydrogen (secondary N) is 3. The van der Waals surface area contributed by atoms with Crippen molar-refractivity contribution in [3.63, 3.8) is 0 Å². The van der Waals surface area contributed by atoms with Crippen LogP contribution in [0.25, 0.3) is 10.9 Å². The standard InChI is InChI=1S/C24H19BrN4O3/c1-15-6-5-9-19(12-15)27-22(30)21-14-16-13-17(25)10-11-20(16)29(21)28-24(32)23(31)26-18-7-3-2-4-8-18/h2-14H,1H3,(H,26,31)(H,27,30)(H,28,32). The van der Waals surface area contributed by atoms with Gasteiger partial charge in [0.1, 0.15) is 5.69 Å². The molecule has 0 aliphatic carbocycles. The SMILES string of the molecule is Cc1cccc(NC(=O)c2cc3cc(Br)ccc3n2NC(=O)C(=O)Nc2ccccc2)c1. The molecule has 0 spiro atoms. The summed E-state index contributed by atoms with van der Waals surface area (Å²) in [6.07, 6.45) is 0. The van der Waals surface area contributed by atoms with Crippen LogP contribution in [0.2, 0.25) is 0 Å². The lowest BCUT2D eigenvalue weighted by Gasteiger charge is -2.13. The number of aryl methyl sites for hydroxylation is 1. The summed E-state index contributed by atoms with van der Waals surface area (Å²) in [7, 11) is 0. The van der Waals surface area contributed by atoms with Crippen LogP contribution in [0.5, 0.6) is 0 Å². The average Bonchev–Trinajstić information content (AvgIpc) is 3.12. The molecule has 3 aromatic carbocycles. The molecule has 8 heteroatoms. The third-order valence-electron chi connectivity index (χ3n) is 4.72. The van der Waals surface area contributed by atoms with Gasteiger partial charge in [-0.2, -0.15) is 0 Å². The van der Waals surface area contributed by atoms with Gasteiger partial charge in [0.25, 0.3) is 5.91 Å². The largest absolute Gasteiger partial charge is 0.328 e. The molecule has 1 aromatic heterocycles. The van der Waals surface area contributed by atoms with Crippen LogP contribution in [0.15, 0.2) is 83.3 Å². The monoisotopic (exact) mass is 490 g/mol. The van der Waals surface area contributed by atoms with Crippen molar-refractivity contribution in [3.05, 3.63) is 94.6 Å². The summed E-state index contributed by atoms with van der Waals surface area (Å²) in [4.78, 5) is 38.1. The summed E-state index contributed by atoms with van der Waals surface area (Å²) in [5, 5.41) is 6.09. The van der Waals surface area contributed by atoms with Crippen molar-refractivity contribution in [3.8, 4) is 0 Å². The van der Waals surface area contributed by atoms with Crippen LogP contribution in [-0.2, 0) is 9.59 Å². The molecule has 0 aliphatic heterocycles. The van der Waals surface area contributed by atoms with Crippen molar-refractivity contribution in [2.24, 2.45) is 0 Å². The predicted octanol–water partition coefficient (Wildman–Crippen LogP) is 4.67. The number of carbonyl (C=O) groups is 3. The van der Waals surface area contributed by atoms with E-state index in [1.807, 2.05) is 31.2 Å². The molecule has 0 atom stereocenters. The van der Waals surface area contributed by atoms with E-state index in [2.05, 4.69) is 32.0 Å². The van der Waals surface area contributed by atoms with E-state index in [0.29, 0.717) is 16.9 Å². The Morgan fingerprint density at radius 3 is 2.28 bits per heavy atom. The molecule has 32 heavy (non-hydrogen) atoms. The molecule has 0 saturated heterocycles. The Hall–Kier alpha value is -3.91. The van der Waals surface area contributed by atoms with Crippen LogP contribution < -0.4 is 16.1 Å². The molecule has 160 valence electrons. The first-order chi connectivity index (χ1) is 15.4. The molecule has 4 aromatic rings. The fourth-order valence-electron chi connectivity index (χ4n) is 3.25. The van der Waals surface area contributed by atoms with E-state index in [-0.39, 0.29) is 5.69 Å². The van der Waals surface area contributed by atoms with Gasteiger partial charge < -0.3 is 10.6 Å². The molecule has 0 aliphatic rings. The number of halogens is 1. The van der Waals surface area contributed by atoms with Gasteiger partial charge in [0.2, 0.25) is 0 Å². The lowest BCUT2D eigenvalue weighted by atomic mass is 10.2. The zero-order valence-electron chi connectivity index (χ0n) is 17.1. The topological polar surface area (TPSA) is 92.2 Å². The van der Waals surface area contributed by atoms with Crippen LogP contribution in [0.1, 0.15) is 16.1 Å². The molecule has 4 rings (SSSR count). The molecule has 0 saturated carbocycles. The third kappa shape index (κ3) is 4.70. The molecule has 0 fully saturated rings. The Morgan fingerprint density at radius 2 is 1.53 bits per heavy atom. The molecule has 0 unspecified atom stereocenters. The Morgan fingerprint density at radius 1 is 0.781 bits per heavy atom. The molecule has 0 bridgehead atoms. The fourth-order valence-corrected chi connectivity index (χ4v) is 3.63. The molecule has 3 amide bonds. The lowest BCUT2D eigenvalue weighted by Crippen LogP contribution is -2.36. The Labute approximate surface area is 192 Å². The number of para-hydroxylation sites is 1. The van der Waals surface area contributed by atoms with E-state index in [1.54, 1.807) is 54.6 Å². The molecule has 0 radical (unpaired) electrons. The number of nitrogens with zero attached hydrogens (tertiary/aromatic N) is 1. The molecule has 3 N–H and O–H groups in total. The van der Waals surface area contributed by atoms with E-state index >= 15 is 0 Å². The van der Waals surface area contributed by atoms with Gasteiger partial charge in [-0.05, 0) is 61.0 Å². The third-order valence-corrected chi connectivity index (χ3v) is 5.22. The molecule has 7 nitrogen and oxygen atoms in total. The first-order valence-electron chi connectivity index (χ1n) is 9.77. The van der Waals surface area contributed by atoms with E-state index in [1.165, 1.54) is 4.68 Å². The number of carbonyl (C=O) groups excluding carboxylic acids is 3. The summed E-state index contributed by atoms with van der Waals surface area (Å²) in [6.45, 7) is 1.93. The van der Waals surface area contributed by atoms with Gasteiger partial charge in [0.05, 0.1) is 5.52 Å². The Kier molecular flexibility index (Phi) is 6.04. The van der Waals surface area contributed by atoms with Crippen LogP contribution in [-0.4, -0.2) is 22.4 Å². The summed E-state index contributed by atoms with van der Waals surface area (Å²) < 4.78 is 2.14. The number of benzene rings is 3. The summed E-state index contributed by atoms with van der Waals surface area (Å²) in [5.41, 5.74) is 5.41. The highest BCUT2D eigenvalue weighted by atomic mass is 79.9. The summed E-state index contributed by atoms with van der Waals surface area (Å²) >= 11 is 3.41. The number of rotatable bonds is 4. The van der Waals surface area contributed by atoms with E-state index < -0.39 is 17.7 Å². The minimum Gasteiger partial charge on any atom is -0.321 e. The van der Waals surface area contributed by atoms with Gasteiger partial charge in [-0.1, -0.05) is 46.3 Å². The minimum atomic E-state index is -0.904. The van der Waals surface area contributed by atoms with Crippen molar-refractivity contribution in [2.45, 2.75) is 6.92 Å². The maximum absolute atomic E-state index is 13.0. The average molecular weight is 491 g/mol. The lowest BCUT2D eigenvalue weighted by molar-refractivity contribution is -0.133. The zero-order valence-corrected chi connectivity index (χ0v) is 18.6. The van der Waals surface area contributed by atoms with E-state index in [9.17, 15) is 14.4 Å². The van der Waals surface area contributed by atoms with Gasteiger partial charge in [-0.15, -0.1) is 0 Å². The van der Waals surface area contributed by atoms with E-state index in [0.717, 1.165) is 15.4 Å². The number of fused-ring (bicyclic) bond motifs is 1. The van der Waals surface area contributed by atoms with Crippen LogP contribution in [0, 0.1) is 6.92 Å². The summed E-state index contributed by atoms with van der Waals surface area (Å²) in [6, 6.07) is 23.1. The van der Waals surface area contributed by atoms with Gasteiger partial charge in [-0.3, -0.25) is 19.8 Å². The highest BCUT2D eigenvalue weighted by molar-refractivity contribution is 9.10.